The van der Waals surface area contributed by atoms with Gasteiger partial charge in [0.05, 0.1) is 0 Å². The lowest BCUT2D eigenvalue weighted by Crippen LogP contribution is -2.59. The number of rotatable bonds is 9. The second-order valence-electron chi connectivity index (χ2n) is 9.67. The molecule has 1 fully saturated rings. The SMILES string of the molecule is CCN1CCN(C(=O)C(C)(C)NC(=O)CCCc2ccc(Cc3ccccc3C)cc2)CC1. The minimum Gasteiger partial charge on any atom is -0.342 e. The average Bonchev–Trinajstić information content (AvgIpc) is 2.81. The Kier molecular flexibility index (Phi) is 8.67. The van der Waals surface area contributed by atoms with Crippen LogP contribution in [0.1, 0.15) is 55.9 Å². The van der Waals surface area contributed by atoms with Crippen molar-refractivity contribution in [3.05, 3.63) is 70.8 Å². The Balaban J connectivity index is 1.42. The van der Waals surface area contributed by atoms with E-state index >= 15 is 0 Å². The quantitative estimate of drug-likeness (QED) is 0.630. The molecule has 3 rings (SSSR count). The Morgan fingerprint density at radius 1 is 0.939 bits per heavy atom. The van der Waals surface area contributed by atoms with Crippen molar-refractivity contribution in [2.75, 3.05) is 32.7 Å². The smallest absolute Gasteiger partial charge is 0.247 e. The first-order valence-corrected chi connectivity index (χ1v) is 12.2. The monoisotopic (exact) mass is 449 g/mol. The van der Waals surface area contributed by atoms with E-state index in [0.717, 1.165) is 52.0 Å². The van der Waals surface area contributed by atoms with Crippen molar-refractivity contribution >= 4 is 11.8 Å². The molecule has 0 atom stereocenters. The molecule has 2 amide bonds. The molecular weight excluding hydrogens is 410 g/mol. The molecule has 1 N–H and O–H groups in total. The van der Waals surface area contributed by atoms with Crippen molar-refractivity contribution in [1.82, 2.24) is 15.1 Å². The highest BCUT2D eigenvalue weighted by Crippen LogP contribution is 2.16. The van der Waals surface area contributed by atoms with E-state index in [2.05, 4.69) is 72.6 Å². The fourth-order valence-electron chi connectivity index (χ4n) is 4.43. The Labute approximate surface area is 199 Å². The molecule has 1 saturated heterocycles. The van der Waals surface area contributed by atoms with Crippen LogP contribution in [0, 0.1) is 6.92 Å². The maximum Gasteiger partial charge on any atom is 0.247 e. The summed E-state index contributed by atoms with van der Waals surface area (Å²) in [6, 6.07) is 17.2. The van der Waals surface area contributed by atoms with Gasteiger partial charge in [0.2, 0.25) is 11.8 Å². The zero-order valence-electron chi connectivity index (χ0n) is 20.7. The number of hydrogen-bond acceptors (Lipinski definition) is 3. The third-order valence-corrected chi connectivity index (χ3v) is 6.64. The molecule has 0 spiro atoms. The standard InChI is InChI=1S/C28H39N3O2/c1-5-30-17-19-31(20-18-30)27(33)28(3,4)29-26(32)12-8-10-23-13-15-24(16-14-23)21-25-11-7-6-9-22(25)2/h6-7,9,11,13-16H,5,8,10,12,17-21H2,1-4H3,(H,29,32). The number of carbonyl (C=O) groups is 2. The molecule has 2 aromatic carbocycles. The molecule has 0 aliphatic carbocycles. The van der Waals surface area contributed by atoms with E-state index in [1.165, 1.54) is 22.3 Å². The first-order valence-electron chi connectivity index (χ1n) is 12.2. The van der Waals surface area contributed by atoms with Gasteiger partial charge in [-0.2, -0.15) is 0 Å². The number of nitrogens with one attached hydrogen (secondary N) is 1. The molecule has 5 heteroatoms. The number of carbonyl (C=O) groups excluding carboxylic acids is 2. The summed E-state index contributed by atoms with van der Waals surface area (Å²) in [7, 11) is 0. The summed E-state index contributed by atoms with van der Waals surface area (Å²) in [5.74, 6) is -0.0486. The van der Waals surface area contributed by atoms with Crippen LogP contribution in [-0.4, -0.2) is 59.9 Å². The highest BCUT2D eigenvalue weighted by atomic mass is 16.2. The molecule has 0 saturated carbocycles. The molecule has 5 nitrogen and oxygen atoms in total. The van der Waals surface area contributed by atoms with Crippen molar-refractivity contribution in [3.63, 3.8) is 0 Å². The van der Waals surface area contributed by atoms with Crippen LogP contribution >= 0.6 is 0 Å². The van der Waals surface area contributed by atoms with Gasteiger partial charge in [-0.05, 0) is 68.8 Å². The Bertz CT molecular complexity index is 928. The van der Waals surface area contributed by atoms with Gasteiger partial charge >= 0.3 is 0 Å². The molecule has 1 aliphatic heterocycles. The molecule has 1 aliphatic rings. The molecule has 0 radical (unpaired) electrons. The van der Waals surface area contributed by atoms with Crippen LogP contribution in [0.15, 0.2) is 48.5 Å². The van der Waals surface area contributed by atoms with Gasteiger partial charge < -0.3 is 15.1 Å². The second kappa shape index (κ2) is 11.5. The van der Waals surface area contributed by atoms with E-state index in [9.17, 15) is 9.59 Å². The molecule has 1 heterocycles. The largest absolute Gasteiger partial charge is 0.342 e. The summed E-state index contributed by atoms with van der Waals surface area (Å²) >= 11 is 0. The number of hydrogen-bond donors (Lipinski definition) is 1. The molecular formula is C28H39N3O2. The fraction of sp³-hybridized carbons (Fsp3) is 0.500. The van der Waals surface area contributed by atoms with Gasteiger partial charge in [-0.15, -0.1) is 0 Å². The summed E-state index contributed by atoms with van der Waals surface area (Å²) in [5.41, 5.74) is 4.33. The van der Waals surface area contributed by atoms with Crippen LogP contribution in [0.2, 0.25) is 0 Å². The topological polar surface area (TPSA) is 52.6 Å². The van der Waals surface area contributed by atoms with E-state index in [4.69, 9.17) is 0 Å². The third kappa shape index (κ3) is 7.16. The van der Waals surface area contributed by atoms with Crippen LogP contribution in [-0.2, 0) is 22.4 Å². The Morgan fingerprint density at radius 3 is 2.21 bits per heavy atom. The first kappa shape index (κ1) is 25.0. The maximum absolute atomic E-state index is 12.9. The van der Waals surface area contributed by atoms with E-state index in [-0.39, 0.29) is 11.8 Å². The maximum atomic E-state index is 12.9. The molecule has 2 aromatic rings. The number of aryl methyl sites for hydroxylation is 2. The average molecular weight is 450 g/mol. The van der Waals surface area contributed by atoms with Crippen LogP contribution in [0.5, 0.6) is 0 Å². The van der Waals surface area contributed by atoms with Crippen molar-refractivity contribution in [3.8, 4) is 0 Å². The summed E-state index contributed by atoms with van der Waals surface area (Å²) < 4.78 is 0. The predicted octanol–water partition coefficient (Wildman–Crippen LogP) is 3.97. The summed E-state index contributed by atoms with van der Waals surface area (Å²) in [6.07, 6.45) is 2.98. The second-order valence-corrected chi connectivity index (χ2v) is 9.67. The molecule has 0 unspecified atom stereocenters. The minimum atomic E-state index is -0.872. The van der Waals surface area contributed by atoms with Gasteiger partial charge in [0, 0.05) is 32.6 Å². The van der Waals surface area contributed by atoms with Crippen LogP contribution in [0.4, 0.5) is 0 Å². The van der Waals surface area contributed by atoms with E-state index in [1.54, 1.807) is 0 Å². The van der Waals surface area contributed by atoms with Crippen LogP contribution in [0.3, 0.4) is 0 Å². The Morgan fingerprint density at radius 2 is 1.58 bits per heavy atom. The molecule has 0 aromatic heterocycles. The number of nitrogens with zero attached hydrogens (tertiary/aromatic N) is 2. The van der Waals surface area contributed by atoms with Crippen LogP contribution < -0.4 is 5.32 Å². The van der Waals surface area contributed by atoms with Gasteiger partial charge in [-0.1, -0.05) is 55.5 Å². The highest BCUT2D eigenvalue weighted by molar-refractivity contribution is 5.90. The number of likely N-dealkylation sites (N-methyl/N-ethyl adjacent to an activating group) is 1. The van der Waals surface area contributed by atoms with E-state index in [1.807, 2.05) is 18.7 Å². The van der Waals surface area contributed by atoms with Crippen molar-refractivity contribution in [2.45, 2.75) is 58.9 Å². The van der Waals surface area contributed by atoms with Gasteiger partial charge in [-0.25, -0.2) is 0 Å². The lowest BCUT2D eigenvalue weighted by atomic mass is 9.98. The van der Waals surface area contributed by atoms with Crippen molar-refractivity contribution in [2.24, 2.45) is 0 Å². The van der Waals surface area contributed by atoms with Gasteiger partial charge in [0.25, 0.3) is 0 Å². The number of piperazine rings is 1. The predicted molar refractivity (Wildman–Crippen MR) is 134 cm³/mol. The molecule has 178 valence electrons. The normalized spacial score (nSPS) is 14.8. The number of amides is 2. The van der Waals surface area contributed by atoms with E-state index in [0.29, 0.717) is 6.42 Å². The van der Waals surface area contributed by atoms with Crippen molar-refractivity contribution in [1.29, 1.82) is 0 Å². The fourth-order valence-corrected chi connectivity index (χ4v) is 4.43. The lowest BCUT2D eigenvalue weighted by molar-refractivity contribution is -0.142. The molecule has 33 heavy (non-hydrogen) atoms. The highest BCUT2D eigenvalue weighted by Gasteiger charge is 2.34. The van der Waals surface area contributed by atoms with Crippen LogP contribution in [0.25, 0.3) is 0 Å². The van der Waals surface area contributed by atoms with E-state index < -0.39 is 5.54 Å². The zero-order chi connectivity index (χ0) is 23.8. The van der Waals surface area contributed by atoms with Gasteiger partial charge in [0.15, 0.2) is 0 Å². The lowest BCUT2D eigenvalue weighted by Gasteiger charge is -2.38. The minimum absolute atomic E-state index is 0.0100. The summed E-state index contributed by atoms with van der Waals surface area (Å²) in [4.78, 5) is 29.7. The zero-order valence-corrected chi connectivity index (χ0v) is 20.7. The number of benzene rings is 2. The summed E-state index contributed by atoms with van der Waals surface area (Å²) in [5, 5.41) is 2.96. The van der Waals surface area contributed by atoms with Gasteiger partial charge in [0.1, 0.15) is 5.54 Å². The van der Waals surface area contributed by atoms with Crippen molar-refractivity contribution < 1.29 is 9.59 Å². The summed E-state index contributed by atoms with van der Waals surface area (Å²) in [6.45, 7) is 12.2. The van der Waals surface area contributed by atoms with Gasteiger partial charge in [-0.3, -0.25) is 9.59 Å². The first-order chi connectivity index (χ1) is 15.8. The third-order valence-electron chi connectivity index (χ3n) is 6.64. The Hall–Kier alpha value is -2.66. The molecule has 0 bridgehead atoms.